The van der Waals surface area contributed by atoms with Gasteiger partial charge in [-0.25, -0.2) is 9.59 Å². The number of hydrogen-bond donors (Lipinski definition) is 3. The van der Waals surface area contributed by atoms with E-state index in [4.69, 9.17) is 19.7 Å². The highest BCUT2D eigenvalue weighted by Gasteiger charge is 2.25. The number of rotatable bonds is 12. The maximum Gasteiger partial charge on any atom is 0.328 e. The lowest BCUT2D eigenvalue weighted by Crippen LogP contribution is -2.40. The number of nitrogens with zero attached hydrogens (tertiary/aromatic N) is 1. The fourth-order valence-corrected chi connectivity index (χ4v) is 4.17. The second-order valence-corrected chi connectivity index (χ2v) is 8.63. The van der Waals surface area contributed by atoms with Crippen LogP contribution in [0.2, 0.25) is 0 Å². The Morgan fingerprint density at radius 1 is 0.973 bits per heavy atom. The van der Waals surface area contributed by atoms with Crippen LogP contribution in [0.15, 0.2) is 66.7 Å². The van der Waals surface area contributed by atoms with Gasteiger partial charge in [-0.2, -0.15) is 0 Å². The van der Waals surface area contributed by atoms with Crippen LogP contribution in [-0.2, 0) is 19.1 Å². The Hall–Kier alpha value is -3.69. The average molecular weight is 514 g/mol. The quantitative estimate of drug-likeness (QED) is 0.287. The van der Waals surface area contributed by atoms with Gasteiger partial charge in [0, 0.05) is 37.8 Å². The molecule has 1 heterocycles. The van der Waals surface area contributed by atoms with Crippen molar-refractivity contribution in [3.05, 3.63) is 77.9 Å². The molecule has 0 aromatic heterocycles. The second kappa shape index (κ2) is 16.1. The first-order valence-corrected chi connectivity index (χ1v) is 12.2. The number of benzene rings is 2. The summed E-state index contributed by atoms with van der Waals surface area (Å²) in [6.45, 7) is 3.68. The highest BCUT2D eigenvalue weighted by molar-refractivity contribution is 5.89. The van der Waals surface area contributed by atoms with E-state index in [-0.39, 0.29) is 11.8 Å². The van der Waals surface area contributed by atoms with Crippen LogP contribution in [0.3, 0.4) is 0 Å². The smallest absolute Gasteiger partial charge is 0.328 e. The van der Waals surface area contributed by atoms with Crippen LogP contribution >= 0.6 is 0 Å². The van der Waals surface area contributed by atoms with Gasteiger partial charge in [-0.1, -0.05) is 42.5 Å². The zero-order valence-corrected chi connectivity index (χ0v) is 21.0. The lowest BCUT2D eigenvalue weighted by atomic mass is 9.89. The van der Waals surface area contributed by atoms with E-state index in [0.717, 1.165) is 38.1 Å². The molecular weight excluding hydrogens is 478 g/mol. The Balaban J connectivity index is 0.000000521. The summed E-state index contributed by atoms with van der Waals surface area (Å²) in [5.74, 6) is -2.32. The molecule has 1 aliphatic rings. The van der Waals surface area contributed by atoms with Crippen molar-refractivity contribution < 1.29 is 39.2 Å². The van der Waals surface area contributed by atoms with Gasteiger partial charge in [0.1, 0.15) is 5.75 Å². The first-order valence-electron chi connectivity index (χ1n) is 12.2. The lowest BCUT2D eigenvalue weighted by Gasteiger charge is -2.30. The Kier molecular flexibility index (Phi) is 12.9. The number of hydrogen-bond acceptors (Lipinski definition) is 6. The number of ether oxygens (including phenoxy) is 2. The summed E-state index contributed by atoms with van der Waals surface area (Å²) in [5.41, 5.74) is 2.49. The van der Waals surface area contributed by atoms with Crippen LogP contribution in [0, 0.1) is 5.92 Å². The van der Waals surface area contributed by atoms with Gasteiger partial charge in [0.05, 0.1) is 19.6 Å². The predicted molar refractivity (Wildman–Crippen MR) is 138 cm³/mol. The minimum absolute atomic E-state index is 0.237. The molecule has 3 rings (SSSR count). The monoisotopic (exact) mass is 513 g/mol. The summed E-state index contributed by atoms with van der Waals surface area (Å²) in [7, 11) is 1.69. The molecule has 200 valence electrons. The Bertz CT molecular complexity index is 1010. The van der Waals surface area contributed by atoms with Crippen molar-refractivity contribution in [3.8, 4) is 5.75 Å². The Morgan fingerprint density at radius 2 is 1.65 bits per heavy atom. The Labute approximate surface area is 216 Å². The average Bonchev–Trinajstić information content (AvgIpc) is 2.90. The van der Waals surface area contributed by atoms with E-state index >= 15 is 0 Å². The molecule has 0 radical (unpaired) electrons. The van der Waals surface area contributed by atoms with E-state index in [1.54, 1.807) is 7.11 Å². The molecule has 3 N–H and O–H groups in total. The van der Waals surface area contributed by atoms with Crippen molar-refractivity contribution in [2.75, 3.05) is 40.0 Å². The van der Waals surface area contributed by atoms with E-state index in [9.17, 15) is 19.5 Å². The summed E-state index contributed by atoms with van der Waals surface area (Å²) < 4.78 is 11.3. The fraction of sp³-hybridized carbons (Fsp3) is 0.393. The molecule has 0 spiro atoms. The molecule has 1 fully saturated rings. The molecule has 37 heavy (non-hydrogen) atoms. The molecule has 0 aliphatic carbocycles. The molecule has 2 aromatic rings. The van der Waals surface area contributed by atoms with Gasteiger partial charge in [-0.15, -0.1) is 0 Å². The fourth-order valence-electron chi connectivity index (χ4n) is 4.17. The van der Waals surface area contributed by atoms with Crippen molar-refractivity contribution in [3.63, 3.8) is 0 Å². The van der Waals surface area contributed by atoms with Crippen LogP contribution < -0.4 is 4.74 Å². The van der Waals surface area contributed by atoms with E-state index < -0.39 is 17.9 Å². The number of methoxy groups -OCH3 is 1. The molecule has 9 heteroatoms. The zero-order chi connectivity index (χ0) is 27.0. The van der Waals surface area contributed by atoms with Crippen LogP contribution in [0.25, 0.3) is 0 Å². The largest absolute Gasteiger partial charge is 0.497 e. The van der Waals surface area contributed by atoms with Gasteiger partial charge in [0.25, 0.3) is 0 Å². The van der Waals surface area contributed by atoms with Crippen molar-refractivity contribution in [2.45, 2.75) is 25.2 Å². The third kappa shape index (κ3) is 11.3. The molecule has 0 amide bonds. The summed E-state index contributed by atoms with van der Waals surface area (Å²) >= 11 is 0. The normalized spacial score (nSPS) is 16.4. The topological polar surface area (TPSA) is 134 Å². The summed E-state index contributed by atoms with van der Waals surface area (Å²) in [6.07, 6.45) is 3.73. The number of carbonyl (C=O) groups is 3. The standard InChI is InChI=1S/C24H31NO4.C4H4O4/c1-28-22-11-5-9-20(17-22)23(19-7-3-2-4-8-19)12-15-29-16-14-25-13-6-10-21(18-25)24(26)27;5-3(6)1-2-4(7)8/h2-5,7-9,11,17,21,23H,6,10,12-16,18H2,1H3,(H,26,27);1-2H,(H,5,6)(H,7,8)/b;2-1+/t21-,23?;/m1./s1. The van der Waals surface area contributed by atoms with Crippen LogP contribution in [0.4, 0.5) is 0 Å². The second-order valence-electron chi connectivity index (χ2n) is 8.63. The number of carboxylic acid groups (broad SMARTS) is 3. The lowest BCUT2D eigenvalue weighted by molar-refractivity contribution is -0.143. The maximum absolute atomic E-state index is 11.2. The van der Waals surface area contributed by atoms with Crippen molar-refractivity contribution in [2.24, 2.45) is 5.92 Å². The molecule has 0 bridgehead atoms. The summed E-state index contributed by atoms with van der Waals surface area (Å²) in [5, 5.41) is 24.8. The van der Waals surface area contributed by atoms with E-state index in [0.29, 0.717) is 31.9 Å². The van der Waals surface area contributed by atoms with E-state index in [1.807, 2.05) is 18.2 Å². The molecule has 0 saturated carbocycles. The van der Waals surface area contributed by atoms with Gasteiger partial charge in [-0.3, -0.25) is 4.79 Å². The summed E-state index contributed by atoms with van der Waals surface area (Å²) in [4.78, 5) is 32.5. The van der Waals surface area contributed by atoms with Crippen molar-refractivity contribution >= 4 is 17.9 Å². The van der Waals surface area contributed by atoms with Crippen LogP contribution in [-0.4, -0.2) is 78.1 Å². The molecule has 9 nitrogen and oxygen atoms in total. The number of aliphatic carboxylic acids is 3. The molecule has 1 saturated heterocycles. The van der Waals surface area contributed by atoms with Gasteiger partial charge in [-0.05, 0) is 49.1 Å². The minimum Gasteiger partial charge on any atom is -0.497 e. The number of likely N-dealkylation sites (tertiary alicyclic amines) is 1. The highest BCUT2D eigenvalue weighted by Crippen LogP contribution is 2.30. The van der Waals surface area contributed by atoms with E-state index in [2.05, 4.69) is 41.3 Å². The maximum atomic E-state index is 11.2. The predicted octanol–water partition coefficient (Wildman–Crippen LogP) is 3.74. The number of piperidine rings is 1. The van der Waals surface area contributed by atoms with Crippen LogP contribution in [0.5, 0.6) is 5.75 Å². The van der Waals surface area contributed by atoms with Gasteiger partial charge < -0.3 is 29.7 Å². The van der Waals surface area contributed by atoms with Gasteiger partial charge >= 0.3 is 17.9 Å². The summed E-state index contributed by atoms with van der Waals surface area (Å²) in [6, 6.07) is 18.7. The third-order valence-corrected chi connectivity index (χ3v) is 6.02. The first kappa shape index (κ1) is 29.5. The molecule has 1 aliphatic heterocycles. The highest BCUT2D eigenvalue weighted by atomic mass is 16.5. The molecule has 1 unspecified atom stereocenters. The van der Waals surface area contributed by atoms with Crippen molar-refractivity contribution in [1.82, 2.24) is 4.90 Å². The number of carboxylic acids is 3. The van der Waals surface area contributed by atoms with Gasteiger partial charge in [0.15, 0.2) is 0 Å². The van der Waals surface area contributed by atoms with Gasteiger partial charge in [0.2, 0.25) is 0 Å². The molecule has 2 aromatic carbocycles. The first-order chi connectivity index (χ1) is 17.8. The third-order valence-electron chi connectivity index (χ3n) is 6.02. The SMILES string of the molecule is COc1cccc(C(CCOCCN2CCC[C@@H](C(=O)O)C2)c2ccccc2)c1.O=C(O)/C=C/C(=O)O. The zero-order valence-electron chi connectivity index (χ0n) is 21.0. The Morgan fingerprint density at radius 3 is 2.27 bits per heavy atom. The van der Waals surface area contributed by atoms with Crippen LogP contribution in [0.1, 0.15) is 36.3 Å². The minimum atomic E-state index is -1.26. The molecular formula is C28H35NO8. The molecule has 2 atom stereocenters. The van der Waals surface area contributed by atoms with E-state index in [1.165, 1.54) is 11.1 Å². The van der Waals surface area contributed by atoms with Crippen molar-refractivity contribution in [1.29, 1.82) is 0 Å².